The van der Waals surface area contributed by atoms with Gasteiger partial charge >= 0.3 is 27.2 Å². The van der Waals surface area contributed by atoms with Crippen molar-refractivity contribution in [3.8, 4) is 22.9 Å². The molecular weight excluding hydrogens is 791 g/mol. The Balaban J connectivity index is 1.60. The van der Waals surface area contributed by atoms with E-state index in [4.69, 9.17) is 14.5 Å². The second kappa shape index (κ2) is 14.0. The first-order valence-corrected chi connectivity index (χ1v) is 19.2. The molecule has 0 spiro atoms. The normalized spacial score (nSPS) is 21.5. The van der Waals surface area contributed by atoms with Crippen molar-refractivity contribution < 1.29 is 62.0 Å². The van der Waals surface area contributed by atoms with Crippen LogP contribution in [0.15, 0.2) is 17.0 Å². The lowest BCUT2D eigenvalue weighted by atomic mass is 9.97. The average Bonchev–Trinajstić information content (AvgIpc) is 3.27. The molecule has 1 aromatic carbocycles. The highest BCUT2D eigenvalue weighted by molar-refractivity contribution is 8.00. The molecule has 3 aromatic rings. The Morgan fingerprint density at radius 3 is 2.33 bits per heavy atom. The summed E-state index contributed by atoms with van der Waals surface area (Å²) in [6.45, 7) is 9.04. The SMILES string of the molecule is Cc1c(CCN(C)C)nc2c3c(nc(-c4cc(OS(=O)(=O)C(F)(F)F)cc(F)c4SC(F)(F)F)c(F)c13)O[C@@H](C)[C@@H]1[C@@H]3CC[C@H](CN21)N3C(=O)OC(C)(C)C. The van der Waals surface area contributed by atoms with Crippen molar-refractivity contribution in [2.75, 3.05) is 32.1 Å². The first-order chi connectivity index (χ1) is 25.3. The molecule has 55 heavy (non-hydrogen) atoms. The van der Waals surface area contributed by atoms with Crippen LogP contribution in [0.3, 0.4) is 0 Å². The van der Waals surface area contributed by atoms with E-state index in [1.807, 2.05) is 9.80 Å². The van der Waals surface area contributed by atoms with Crippen LogP contribution in [0.5, 0.6) is 11.6 Å². The molecule has 11 nitrogen and oxygen atoms in total. The Bertz CT molecular complexity index is 2150. The van der Waals surface area contributed by atoms with Gasteiger partial charge in [0.2, 0.25) is 5.88 Å². The molecule has 3 aliphatic rings. The largest absolute Gasteiger partial charge is 0.534 e. The first kappa shape index (κ1) is 40.8. The Morgan fingerprint density at radius 1 is 1.05 bits per heavy atom. The molecule has 2 bridgehead atoms. The molecule has 0 radical (unpaired) electrons. The number of thioether (sulfide) groups is 1. The summed E-state index contributed by atoms with van der Waals surface area (Å²) < 4.78 is 154. The number of hydrogen-bond donors (Lipinski definition) is 0. The second-order valence-electron chi connectivity index (χ2n) is 14.9. The zero-order valence-electron chi connectivity index (χ0n) is 30.5. The van der Waals surface area contributed by atoms with Crippen molar-refractivity contribution in [2.45, 2.75) is 99.6 Å². The predicted molar refractivity (Wildman–Crippen MR) is 186 cm³/mol. The Kier molecular flexibility index (Phi) is 10.4. The number of anilines is 1. The van der Waals surface area contributed by atoms with Crippen LogP contribution in [0.25, 0.3) is 22.0 Å². The number of aryl methyl sites for hydroxylation is 1. The Morgan fingerprint density at radius 2 is 1.73 bits per heavy atom. The number of hydrogen-bond acceptors (Lipinski definition) is 11. The number of pyridine rings is 2. The number of ether oxygens (including phenoxy) is 2. The van der Waals surface area contributed by atoms with Crippen molar-refractivity contribution in [3.05, 3.63) is 35.0 Å². The average molecular weight is 828 g/mol. The summed E-state index contributed by atoms with van der Waals surface area (Å²) >= 11 is -1.04. The van der Waals surface area contributed by atoms with E-state index < -0.39 is 96.3 Å². The maximum absolute atomic E-state index is 17.3. The number of halogens is 8. The summed E-state index contributed by atoms with van der Waals surface area (Å²) in [5.41, 5.74) is -13.4. The number of aromatic nitrogens is 2. The lowest BCUT2D eigenvalue weighted by molar-refractivity contribution is -0.0500. The van der Waals surface area contributed by atoms with E-state index in [1.165, 1.54) is 6.92 Å². The number of fused-ring (bicyclic) bond motifs is 5. The summed E-state index contributed by atoms with van der Waals surface area (Å²) in [5.74, 6) is -4.65. The fourth-order valence-corrected chi connectivity index (χ4v) is 8.46. The lowest BCUT2D eigenvalue weighted by Gasteiger charge is -2.48. The topological polar surface area (TPSA) is 114 Å². The minimum absolute atomic E-state index is 0.0174. The number of benzene rings is 1. The number of piperazine rings is 1. The number of amides is 1. The van der Waals surface area contributed by atoms with Crippen LogP contribution in [-0.4, -0.2) is 102 Å². The molecule has 0 N–H and O–H groups in total. The van der Waals surface area contributed by atoms with Gasteiger partial charge in [-0.1, -0.05) is 0 Å². The van der Waals surface area contributed by atoms with Crippen LogP contribution in [0.4, 0.5) is 45.7 Å². The maximum atomic E-state index is 17.3. The molecule has 0 aliphatic carbocycles. The molecule has 3 aliphatic heterocycles. The van der Waals surface area contributed by atoms with E-state index in [0.29, 0.717) is 31.1 Å². The molecule has 6 rings (SSSR count). The maximum Gasteiger partial charge on any atom is 0.534 e. The molecule has 4 atom stereocenters. The molecule has 5 heterocycles. The summed E-state index contributed by atoms with van der Waals surface area (Å²) in [6.07, 6.45) is 0.0196. The van der Waals surface area contributed by atoms with E-state index in [2.05, 4.69) is 9.17 Å². The number of nitrogens with zero attached hydrogens (tertiary/aromatic N) is 5. The van der Waals surface area contributed by atoms with Crippen molar-refractivity contribution in [1.29, 1.82) is 0 Å². The highest BCUT2D eigenvalue weighted by atomic mass is 32.2. The summed E-state index contributed by atoms with van der Waals surface area (Å²) in [4.78, 5) is 26.8. The van der Waals surface area contributed by atoms with E-state index in [-0.39, 0.29) is 53.1 Å². The van der Waals surface area contributed by atoms with Gasteiger partial charge in [0.1, 0.15) is 34.8 Å². The molecular formula is C34H37F8N5O6S2. The number of rotatable bonds is 7. The number of alkyl halides is 6. The van der Waals surface area contributed by atoms with Gasteiger partial charge in [-0.25, -0.2) is 23.5 Å². The van der Waals surface area contributed by atoms with Crippen LogP contribution >= 0.6 is 11.8 Å². The molecule has 1 amide bonds. The molecule has 302 valence electrons. The molecule has 2 aromatic heterocycles. The van der Waals surface area contributed by atoms with Gasteiger partial charge in [-0.3, -0.25) is 4.90 Å². The van der Waals surface area contributed by atoms with Gasteiger partial charge in [0.05, 0.1) is 28.4 Å². The van der Waals surface area contributed by atoms with Crippen LogP contribution in [-0.2, 0) is 21.3 Å². The highest BCUT2D eigenvalue weighted by Crippen LogP contribution is 2.50. The fourth-order valence-electron chi connectivity index (χ4n) is 7.37. The molecule has 2 fully saturated rings. The van der Waals surface area contributed by atoms with Crippen LogP contribution in [0, 0.1) is 18.6 Å². The summed E-state index contributed by atoms with van der Waals surface area (Å²) in [5, 5.41) is -0.185. The third kappa shape index (κ3) is 7.79. The highest BCUT2D eigenvalue weighted by Gasteiger charge is 2.54. The molecule has 0 saturated carbocycles. The van der Waals surface area contributed by atoms with Gasteiger partial charge < -0.3 is 23.5 Å². The fraction of sp³-hybridized carbons (Fsp3) is 0.559. The Labute approximate surface area is 315 Å². The van der Waals surface area contributed by atoms with E-state index >= 15 is 8.78 Å². The van der Waals surface area contributed by atoms with E-state index in [0.717, 1.165) is 0 Å². The Hall–Kier alpha value is -3.85. The van der Waals surface area contributed by atoms with Crippen molar-refractivity contribution in [1.82, 2.24) is 19.8 Å². The van der Waals surface area contributed by atoms with E-state index in [9.17, 15) is 39.6 Å². The van der Waals surface area contributed by atoms with Gasteiger partial charge in [-0.05, 0) is 84.9 Å². The van der Waals surface area contributed by atoms with Crippen molar-refractivity contribution in [2.24, 2.45) is 0 Å². The van der Waals surface area contributed by atoms with Crippen LogP contribution in [0.2, 0.25) is 0 Å². The van der Waals surface area contributed by atoms with Crippen LogP contribution in [0.1, 0.15) is 51.8 Å². The quantitative estimate of drug-likeness (QED) is 0.102. The zero-order valence-corrected chi connectivity index (χ0v) is 32.2. The first-order valence-electron chi connectivity index (χ1n) is 17.0. The van der Waals surface area contributed by atoms with Crippen molar-refractivity contribution >= 4 is 44.6 Å². The molecule has 0 unspecified atom stereocenters. The standard InChI is InChI=1S/C34H37F8N5O6S2/c1-15-21(10-11-45(6)7)43-29-24-23(15)25(36)26(19-12-18(53-55(49,50)34(40,41)42)13-20(35)28(19)54-33(37,38)39)44-30(24)51-16(2)27-22-9-8-17(14-46(27)29)47(22)31(48)52-32(3,4)5/h12-13,16-17,22,27H,8-11,14H2,1-7H3/t16-,17+,22-,27+/m0/s1. The van der Waals surface area contributed by atoms with Gasteiger partial charge in [0.25, 0.3) is 0 Å². The monoisotopic (exact) mass is 827 g/mol. The number of carbonyl (C=O) groups is 1. The van der Waals surface area contributed by atoms with Crippen LogP contribution < -0.4 is 13.8 Å². The van der Waals surface area contributed by atoms with Gasteiger partial charge in [0.15, 0.2) is 5.82 Å². The summed E-state index contributed by atoms with van der Waals surface area (Å²) in [6, 6.07) is -1.09. The molecule has 2 saturated heterocycles. The molecule has 21 heteroatoms. The lowest BCUT2D eigenvalue weighted by Crippen LogP contribution is -2.65. The van der Waals surface area contributed by atoms with Gasteiger partial charge in [-0.2, -0.15) is 34.8 Å². The minimum Gasteiger partial charge on any atom is -0.472 e. The third-order valence-corrected chi connectivity index (χ3v) is 11.3. The van der Waals surface area contributed by atoms with Crippen molar-refractivity contribution in [3.63, 3.8) is 0 Å². The third-order valence-electron chi connectivity index (χ3n) is 9.51. The summed E-state index contributed by atoms with van der Waals surface area (Å²) in [7, 11) is -2.83. The van der Waals surface area contributed by atoms with Gasteiger partial charge in [-0.15, -0.1) is 0 Å². The van der Waals surface area contributed by atoms with Gasteiger partial charge in [0, 0.05) is 42.2 Å². The second-order valence-corrected chi connectivity index (χ2v) is 17.5. The number of likely N-dealkylation sites (N-methyl/N-ethyl adjacent to an activating group) is 1. The number of carbonyl (C=O) groups excluding carboxylic acids is 1. The predicted octanol–water partition coefficient (Wildman–Crippen LogP) is 7.57. The van der Waals surface area contributed by atoms with E-state index in [1.54, 1.807) is 46.7 Å². The smallest absolute Gasteiger partial charge is 0.472 e. The zero-order chi connectivity index (χ0) is 40.7. The minimum atomic E-state index is -6.43.